The lowest BCUT2D eigenvalue weighted by atomic mass is 9.79. The summed E-state index contributed by atoms with van der Waals surface area (Å²) in [5, 5.41) is 9.60. The lowest BCUT2D eigenvalue weighted by molar-refractivity contribution is -0.221. The van der Waals surface area contributed by atoms with Crippen molar-refractivity contribution in [2.45, 2.75) is 96.6 Å². The van der Waals surface area contributed by atoms with Crippen molar-refractivity contribution in [3.8, 4) is 17.6 Å². The zero-order chi connectivity index (χ0) is 47.3. The molecule has 1 aromatic heterocycles. The SMILES string of the molecule is COc1ccc(C(OC[C@@]23O[C@@H](n4cc(C)c(=O)[nH]c4=O)[C@@H]([C@H](C)[C@H]2OC(=O)c2ccc(C)cc2)[C@H]3OP(OCCC#N)N(C(C)C)C(C)C)(c2ccccc2)c2ccc(OC)cc2)cc1. The van der Waals surface area contributed by atoms with E-state index in [-0.39, 0.29) is 31.7 Å². The molecule has 7 atom stereocenters. The number of hydrogen-bond acceptors (Lipinski definition) is 12. The molecule has 7 rings (SSSR count). The first kappa shape index (κ1) is 48.3. The summed E-state index contributed by atoms with van der Waals surface area (Å²) in [5.41, 5.74) is -0.292. The van der Waals surface area contributed by atoms with Gasteiger partial charge in [-0.1, -0.05) is 79.2 Å². The summed E-state index contributed by atoms with van der Waals surface area (Å²) in [6.45, 7) is 13.5. The summed E-state index contributed by atoms with van der Waals surface area (Å²) in [7, 11) is 1.28. The Balaban J connectivity index is 1.47. The zero-order valence-corrected chi connectivity index (χ0v) is 39.8. The number of hydrogen-bond donors (Lipinski definition) is 1. The van der Waals surface area contributed by atoms with Crippen LogP contribution in [0.25, 0.3) is 0 Å². The van der Waals surface area contributed by atoms with E-state index >= 15 is 0 Å². The van der Waals surface area contributed by atoms with Gasteiger partial charge in [-0.2, -0.15) is 5.26 Å². The number of esters is 1. The number of nitriles is 1. The number of ether oxygens (including phenoxy) is 5. The number of carbonyl (C=O) groups excluding carboxylic acids is 1. The predicted octanol–water partition coefficient (Wildman–Crippen LogP) is 8.60. The van der Waals surface area contributed by atoms with E-state index in [1.54, 1.807) is 33.3 Å². The molecule has 2 fully saturated rings. The Kier molecular flexibility index (Phi) is 15.0. The largest absolute Gasteiger partial charge is 0.497 e. The third-order valence-electron chi connectivity index (χ3n) is 12.6. The van der Waals surface area contributed by atoms with Crippen molar-refractivity contribution >= 4 is 14.5 Å². The number of benzene rings is 4. The van der Waals surface area contributed by atoms with Gasteiger partial charge < -0.3 is 32.7 Å². The Hall–Kier alpha value is -5.65. The van der Waals surface area contributed by atoms with Crippen LogP contribution in [0.1, 0.15) is 85.4 Å². The highest BCUT2D eigenvalue weighted by Crippen LogP contribution is 2.63. The van der Waals surface area contributed by atoms with Crippen molar-refractivity contribution < 1.29 is 37.5 Å². The molecule has 1 N–H and O–H groups in total. The van der Waals surface area contributed by atoms with Crippen molar-refractivity contribution in [2.75, 3.05) is 27.4 Å². The fourth-order valence-corrected chi connectivity index (χ4v) is 11.2. The van der Waals surface area contributed by atoms with Gasteiger partial charge >= 0.3 is 11.7 Å². The topological polar surface area (TPSA) is 164 Å². The number of H-pyrrole nitrogens is 1. The first-order valence-electron chi connectivity index (χ1n) is 22.2. The number of aromatic nitrogens is 2. The van der Waals surface area contributed by atoms with Gasteiger partial charge in [-0.25, -0.2) is 14.3 Å². The molecule has 0 spiro atoms. The van der Waals surface area contributed by atoms with Gasteiger partial charge in [0.2, 0.25) is 0 Å². The van der Waals surface area contributed by atoms with Crippen molar-refractivity contribution in [1.82, 2.24) is 14.2 Å². The first-order valence-corrected chi connectivity index (χ1v) is 23.3. The summed E-state index contributed by atoms with van der Waals surface area (Å²) in [6.07, 6.45) is -1.39. The quantitative estimate of drug-likeness (QED) is 0.0364. The van der Waals surface area contributed by atoms with Crippen LogP contribution in [0.3, 0.4) is 0 Å². The van der Waals surface area contributed by atoms with Gasteiger partial charge in [0.25, 0.3) is 14.1 Å². The highest BCUT2D eigenvalue weighted by molar-refractivity contribution is 7.44. The van der Waals surface area contributed by atoms with E-state index in [1.165, 1.54) is 10.8 Å². The van der Waals surface area contributed by atoms with Crippen LogP contribution < -0.4 is 20.7 Å². The maximum atomic E-state index is 14.4. The van der Waals surface area contributed by atoms with Crippen molar-refractivity contribution in [1.29, 1.82) is 5.26 Å². The Morgan fingerprint density at radius 2 is 1.44 bits per heavy atom. The van der Waals surface area contributed by atoms with Gasteiger partial charge in [0.1, 0.15) is 35.5 Å². The summed E-state index contributed by atoms with van der Waals surface area (Å²) in [5.74, 6) is -0.488. The minimum Gasteiger partial charge on any atom is -0.497 e. The van der Waals surface area contributed by atoms with Gasteiger partial charge in [-0.3, -0.25) is 14.3 Å². The maximum Gasteiger partial charge on any atom is 0.338 e. The van der Waals surface area contributed by atoms with E-state index in [4.69, 9.17) is 32.7 Å². The Labute approximate surface area is 387 Å². The zero-order valence-electron chi connectivity index (χ0n) is 38.9. The van der Waals surface area contributed by atoms with Crippen molar-refractivity contribution in [3.05, 3.63) is 164 Å². The summed E-state index contributed by atoms with van der Waals surface area (Å²) in [4.78, 5) is 43.5. The molecule has 14 nitrogen and oxygen atoms in total. The van der Waals surface area contributed by atoms with Crippen molar-refractivity contribution in [2.24, 2.45) is 11.8 Å². The molecule has 15 heteroatoms. The van der Waals surface area contributed by atoms with E-state index in [2.05, 4.69) is 15.7 Å². The third-order valence-corrected chi connectivity index (χ3v) is 14.7. The number of nitrogens with zero attached hydrogens (tertiary/aromatic N) is 3. The molecule has 1 saturated carbocycles. The van der Waals surface area contributed by atoms with Crippen LogP contribution in [0, 0.1) is 37.0 Å². The standard InChI is InChI=1S/C51H59N4O10P/c1-32(2)55(33(3)4)66(62-29-13-28-52)65-45-43-36(7)44(63-48(57)37-18-16-34(5)17-19-37)50(45,64-47(43)54-30-35(6)46(56)53-49(54)58)31-61-51(38-14-11-10-12-15-38,39-20-24-41(59-8)25-21-39)40-22-26-42(60-9)27-23-40/h10-12,14-27,30,32-33,36,43-45,47H,13,29,31H2,1-9H3,(H,53,56,58)/t36-,43-,44+,45+,47+,50+,66?/m0/s1. The van der Waals surface area contributed by atoms with E-state index < -0.39 is 67.2 Å². The molecule has 2 bridgehead atoms. The number of methoxy groups -OCH3 is 2. The summed E-state index contributed by atoms with van der Waals surface area (Å²) in [6, 6.07) is 34.2. The Morgan fingerprint density at radius 1 is 0.864 bits per heavy atom. The van der Waals surface area contributed by atoms with Gasteiger partial charge in [0.15, 0.2) is 5.60 Å². The number of aryl methyl sites for hydroxylation is 2. The van der Waals surface area contributed by atoms with Crippen molar-refractivity contribution in [3.63, 3.8) is 0 Å². The van der Waals surface area contributed by atoms with Crippen LogP contribution in [0.2, 0.25) is 0 Å². The number of fused-ring (bicyclic) bond motifs is 2. The van der Waals surface area contributed by atoms with Gasteiger partial charge in [0, 0.05) is 35.7 Å². The molecule has 1 aliphatic heterocycles. The summed E-state index contributed by atoms with van der Waals surface area (Å²) >= 11 is 0. The van der Waals surface area contributed by atoms with Crippen LogP contribution in [0.15, 0.2) is 119 Å². The Morgan fingerprint density at radius 3 is 1.98 bits per heavy atom. The molecular formula is C51H59N4O10P. The average molecular weight is 919 g/mol. The fourth-order valence-electron chi connectivity index (χ4n) is 9.40. The number of carbonyl (C=O) groups is 1. The first-order chi connectivity index (χ1) is 31.7. The molecule has 5 aromatic rings. The van der Waals surface area contributed by atoms with Gasteiger partial charge in [-0.15, -0.1) is 0 Å². The lowest BCUT2D eigenvalue weighted by Crippen LogP contribution is -2.56. The van der Waals surface area contributed by atoms with E-state index in [9.17, 15) is 19.6 Å². The van der Waals surface area contributed by atoms with Gasteiger partial charge in [0.05, 0.1) is 45.5 Å². The highest BCUT2D eigenvalue weighted by Gasteiger charge is 2.73. The monoisotopic (exact) mass is 918 g/mol. The molecule has 1 saturated heterocycles. The Bertz CT molecular complexity index is 2540. The molecule has 4 aromatic carbocycles. The molecule has 66 heavy (non-hydrogen) atoms. The second-order valence-electron chi connectivity index (χ2n) is 17.4. The minimum atomic E-state index is -1.93. The second-order valence-corrected chi connectivity index (χ2v) is 18.8. The number of nitrogens with one attached hydrogen (secondary N) is 1. The lowest BCUT2D eigenvalue weighted by Gasteiger charge is -2.44. The maximum absolute atomic E-state index is 14.4. The molecule has 1 unspecified atom stereocenters. The molecule has 0 amide bonds. The number of rotatable bonds is 19. The van der Waals surface area contributed by atoms with Crippen LogP contribution in [-0.4, -0.2) is 77.5 Å². The fraction of sp³-hybridized carbons (Fsp3) is 0.412. The molecule has 2 heterocycles. The van der Waals surface area contributed by atoms with E-state index in [1.807, 2.05) is 133 Å². The second kappa shape index (κ2) is 20.5. The normalized spacial score (nSPS) is 21.8. The van der Waals surface area contributed by atoms with E-state index in [0.717, 1.165) is 22.3 Å². The van der Waals surface area contributed by atoms with Crippen LogP contribution >= 0.6 is 8.53 Å². The smallest absolute Gasteiger partial charge is 0.338 e. The van der Waals surface area contributed by atoms with Crippen LogP contribution in [-0.2, 0) is 28.9 Å². The molecule has 1 aliphatic carbocycles. The van der Waals surface area contributed by atoms with E-state index in [0.29, 0.717) is 22.6 Å². The van der Waals surface area contributed by atoms with Crippen LogP contribution in [0.4, 0.5) is 0 Å². The van der Waals surface area contributed by atoms with Gasteiger partial charge in [-0.05, 0) is 94.6 Å². The number of aromatic amines is 1. The van der Waals surface area contributed by atoms with Crippen LogP contribution in [0.5, 0.6) is 11.5 Å². The molecule has 348 valence electrons. The third kappa shape index (κ3) is 9.34. The predicted molar refractivity (Wildman–Crippen MR) is 250 cm³/mol. The molecule has 2 aliphatic rings. The minimum absolute atomic E-state index is 0.0610. The average Bonchev–Trinajstić information content (AvgIpc) is 3.73. The summed E-state index contributed by atoms with van der Waals surface area (Å²) < 4.78 is 50.2. The molecular weight excluding hydrogens is 860 g/mol. The highest BCUT2D eigenvalue weighted by atomic mass is 31.2. The molecule has 0 radical (unpaired) electrons.